The van der Waals surface area contributed by atoms with E-state index in [0.29, 0.717) is 49.2 Å². The van der Waals surface area contributed by atoms with Crippen LogP contribution >= 0.6 is 0 Å². The fourth-order valence-electron chi connectivity index (χ4n) is 2.42. The Labute approximate surface area is 127 Å². The van der Waals surface area contributed by atoms with Crippen molar-refractivity contribution in [2.45, 2.75) is 6.92 Å². The molecular weight excluding hydrogens is 282 g/mol. The molecule has 0 aliphatic carbocycles. The highest BCUT2D eigenvalue weighted by atomic mass is 16.4. The molecule has 2 heterocycles. The molecule has 0 bridgehead atoms. The fourth-order valence-corrected chi connectivity index (χ4v) is 2.42. The summed E-state index contributed by atoms with van der Waals surface area (Å²) in [6.45, 7) is 4.20. The van der Waals surface area contributed by atoms with Gasteiger partial charge in [-0.1, -0.05) is 11.2 Å². The minimum absolute atomic E-state index is 0.0570. The molecule has 7 heteroatoms. The van der Waals surface area contributed by atoms with Crippen molar-refractivity contribution >= 4 is 11.9 Å². The summed E-state index contributed by atoms with van der Waals surface area (Å²) in [5.74, 6) is 0.472. The molecule has 1 aromatic carbocycles. The number of amides is 1. The number of aromatic nitrogens is 2. The molecule has 0 unspecified atom stereocenters. The molecule has 3 rings (SSSR count). The summed E-state index contributed by atoms with van der Waals surface area (Å²) in [6.07, 6.45) is 0. The summed E-state index contributed by atoms with van der Waals surface area (Å²) in [4.78, 5) is 16.2. The molecule has 1 aromatic heterocycles. The first-order chi connectivity index (χ1) is 10.7. The Kier molecular flexibility index (Phi) is 3.74. The molecule has 2 aromatic rings. The van der Waals surface area contributed by atoms with Gasteiger partial charge in [0.1, 0.15) is 0 Å². The monoisotopic (exact) mass is 297 g/mol. The van der Waals surface area contributed by atoms with Crippen LogP contribution in [0.15, 0.2) is 28.7 Å². The Hall–Kier alpha value is -2.88. The highest BCUT2D eigenvalue weighted by Crippen LogP contribution is 2.16. The summed E-state index contributed by atoms with van der Waals surface area (Å²) in [6, 6.07) is 9.31. The lowest BCUT2D eigenvalue weighted by molar-refractivity contribution is 0.0745. The standard InChI is InChI=1S/C15H15N5O2/c1-11-17-18-15(22-11)20-7-5-19(6-8-20)14(21)13-4-2-3-12(9-13)10-16/h2-4,9H,5-8H2,1H3. The van der Waals surface area contributed by atoms with Gasteiger partial charge in [0.05, 0.1) is 11.6 Å². The Bertz CT molecular complexity index is 726. The van der Waals surface area contributed by atoms with Crippen LogP contribution in [0.1, 0.15) is 21.8 Å². The third kappa shape index (κ3) is 2.76. The molecule has 0 spiro atoms. The van der Waals surface area contributed by atoms with Gasteiger partial charge in [-0.15, -0.1) is 5.10 Å². The predicted octanol–water partition coefficient (Wildman–Crippen LogP) is 1.21. The van der Waals surface area contributed by atoms with Crippen molar-refractivity contribution in [3.63, 3.8) is 0 Å². The number of carbonyl (C=O) groups is 1. The number of carbonyl (C=O) groups excluding carboxylic acids is 1. The number of nitriles is 1. The summed E-state index contributed by atoms with van der Waals surface area (Å²) >= 11 is 0. The second-order valence-electron chi connectivity index (χ2n) is 5.08. The average Bonchev–Trinajstić information content (AvgIpc) is 3.01. The highest BCUT2D eigenvalue weighted by Gasteiger charge is 2.24. The lowest BCUT2D eigenvalue weighted by atomic mass is 10.1. The Morgan fingerprint density at radius 3 is 2.68 bits per heavy atom. The molecule has 22 heavy (non-hydrogen) atoms. The molecule has 1 amide bonds. The minimum atomic E-state index is -0.0570. The van der Waals surface area contributed by atoms with Gasteiger partial charge in [0.2, 0.25) is 5.89 Å². The van der Waals surface area contributed by atoms with Crippen molar-refractivity contribution in [1.29, 1.82) is 5.26 Å². The maximum atomic E-state index is 12.5. The number of aryl methyl sites for hydroxylation is 1. The van der Waals surface area contributed by atoms with Crippen molar-refractivity contribution in [2.24, 2.45) is 0 Å². The van der Waals surface area contributed by atoms with Crippen LogP contribution in [0.2, 0.25) is 0 Å². The maximum Gasteiger partial charge on any atom is 0.318 e. The van der Waals surface area contributed by atoms with Gasteiger partial charge in [-0.2, -0.15) is 5.26 Å². The van der Waals surface area contributed by atoms with Gasteiger partial charge in [-0.05, 0) is 18.2 Å². The van der Waals surface area contributed by atoms with Crippen molar-refractivity contribution in [2.75, 3.05) is 31.1 Å². The second kappa shape index (κ2) is 5.85. The molecule has 1 fully saturated rings. The van der Waals surface area contributed by atoms with E-state index in [-0.39, 0.29) is 5.91 Å². The number of benzene rings is 1. The SMILES string of the molecule is Cc1nnc(N2CCN(C(=O)c3cccc(C#N)c3)CC2)o1. The van der Waals surface area contributed by atoms with Crippen molar-refractivity contribution in [1.82, 2.24) is 15.1 Å². The normalized spacial score (nSPS) is 14.7. The topological polar surface area (TPSA) is 86.3 Å². The number of piperazine rings is 1. The zero-order chi connectivity index (χ0) is 15.5. The Morgan fingerprint density at radius 1 is 1.27 bits per heavy atom. The number of hydrogen-bond donors (Lipinski definition) is 0. The van der Waals surface area contributed by atoms with Crippen LogP contribution in [0.5, 0.6) is 0 Å². The van der Waals surface area contributed by atoms with Crippen molar-refractivity contribution in [3.05, 3.63) is 41.3 Å². The van der Waals surface area contributed by atoms with E-state index in [2.05, 4.69) is 10.2 Å². The van der Waals surface area contributed by atoms with Crippen LogP contribution in [-0.2, 0) is 0 Å². The molecule has 7 nitrogen and oxygen atoms in total. The molecule has 0 saturated carbocycles. The Balaban J connectivity index is 1.65. The molecule has 1 aliphatic rings. The number of rotatable bonds is 2. The number of anilines is 1. The lowest BCUT2D eigenvalue weighted by Crippen LogP contribution is -2.49. The van der Waals surface area contributed by atoms with Gasteiger partial charge < -0.3 is 14.2 Å². The van der Waals surface area contributed by atoms with E-state index in [1.54, 1.807) is 36.1 Å². The predicted molar refractivity (Wildman–Crippen MR) is 78.3 cm³/mol. The first-order valence-corrected chi connectivity index (χ1v) is 7.02. The van der Waals surface area contributed by atoms with Crippen LogP contribution in [0.3, 0.4) is 0 Å². The molecule has 1 aliphatic heterocycles. The van der Waals surface area contributed by atoms with Gasteiger partial charge in [0.15, 0.2) is 0 Å². The first-order valence-electron chi connectivity index (χ1n) is 7.02. The zero-order valence-corrected chi connectivity index (χ0v) is 12.2. The maximum absolute atomic E-state index is 12.5. The molecule has 1 saturated heterocycles. The van der Waals surface area contributed by atoms with Crippen LogP contribution in [0.25, 0.3) is 0 Å². The van der Waals surface area contributed by atoms with E-state index in [9.17, 15) is 4.79 Å². The number of hydrogen-bond acceptors (Lipinski definition) is 6. The van der Waals surface area contributed by atoms with Gasteiger partial charge in [-0.3, -0.25) is 4.79 Å². The Morgan fingerprint density at radius 2 is 2.05 bits per heavy atom. The molecule has 0 radical (unpaired) electrons. The summed E-state index contributed by atoms with van der Waals surface area (Å²) in [5.41, 5.74) is 1.03. The van der Waals surface area contributed by atoms with Crippen molar-refractivity contribution in [3.8, 4) is 6.07 Å². The van der Waals surface area contributed by atoms with Crippen molar-refractivity contribution < 1.29 is 9.21 Å². The summed E-state index contributed by atoms with van der Waals surface area (Å²) < 4.78 is 5.40. The first kappa shape index (κ1) is 14.1. The molecule has 0 atom stereocenters. The highest BCUT2D eigenvalue weighted by molar-refractivity contribution is 5.94. The van der Waals surface area contributed by atoms with E-state index in [1.165, 1.54) is 0 Å². The van der Waals surface area contributed by atoms with E-state index in [0.717, 1.165) is 0 Å². The van der Waals surface area contributed by atoms with Crippen LogP contribution < -0.4 is 4.90 Å². The second-order valence-corrected chi connectivity index (χ2v) is 5.08. The third-order valence-electron chi connectivity index (χ3n) is 3.59. The molecule has 0 N–H and O–H groups in total. The van der Waals surface area contributed by atoms with Gasteiger partial charge in [-0.25, -0.2) is 0 Å². The third-order valence-corrected chi connectivity index (χ3v) is 3.59. The number of nitrogens with zero attached hydrogens (tertiary/aromatic N) is 5. The molecular formula is C15H15N5O2. The zero-order valence-electron chi connectivity index (χ0n) is 12.2. The van der Waals surface area contributed by atoms with Gasteiger partial charge in [0.25, 0.3) is 5.91 Å². The van der Waals surface area contributed by atoms with Crippen LogP contribution in [-0.4, -0.2) is 47.2 Å². The van der Waals surface area contributed by atoms with Gasteiger partial charge >= 0.3 is 6.01 Å². The molecule has 112 valence electrons. The van der Waals surface area contributed by atoms with E-state index < -0.39 is 0 Å². The van der Waals surface area contributed by atoms with Crippen LogP contribution in [0.4, 0.5) is 6.01 Å². The smallest absolute Gasteiger partial charge is 0.318 e. The summed E-state index contributed by atoms with van der Waals surface area (Å²) in [5, 5.41) is 16.7. The quantitative estimate of drug-likeness (QED) is 0.828. The summed E-state index contributed by atoms with van der Waals surface area (Å²) in [7, 11) is 0. The minimum Gasteiger partial charge on any atom is -0.408 e. The lowest BCUT2D eigenvalue weighted by Gasteiger charge is -2.33. The largest absolute Gasteiger partial charge is 0.408 e. The van der Waals surface area contributed by atoms with Crippen LogP contribution in [0, 0.1) is 18.3 Å². The average molecular weight is 297 g/mol. The van der Waals surface area contributed by atoms with E-state index in [1.807, 2.05) is 11.0 Å². The van der Waals surface area contributed by atoms with E-state index in [4.69, 9.17) is 9.68 Å². The van der Waals surface area contributed by atoms with Gasteiger partial charge in [0, 0.05) is 38.7 Å². The van der Waals surface area contributed by atoms with E-state index >= 15 is 0 Å². The fraction of sp³-hybridized carbons (Fsp3) is 0.333.